The highest BCUT2D eigenvalue weighted by Crippen LogP contribution is 2.28. The molecule has 2 saturated heterocycles. The zero-order chi connectivity index (χ0) is 15.4. The summed E-state index contributed by atoms with van der Waals surface area (Å²) in [5, 5.41) is 6.18. The molecule has 2 fully saturated rings. The number of halogens is 1. The van der Waals surface area contributed by atoms with Gasteiger partial charge in [-0.1, -0.05) is 30.3 Å². The van der Waals surface area contributed by atoms with E-state index in [1.807, 2.05) is 35.2 Å². The first-order valence-corrected chi connectivity index (χ1v) is 8.08. The average molecular weight is 338 g/mol. The molecule has 2 heterocycles. The van der Waals surface area contributed by atoms with Crippen LogP contribution in [0.4, 0.5) is 0 Å². The summed E-state index contributed by atoms with van der Waals surface area (Å²) in [5.41, 5.74) is 1.04. The Bertz CT molecular complexity index is 532. The summed E-state index contributed by atoms with van der Waals surface area (Å²) in [6, 6.07) is 9.75. The molecule has 1 unspecified atom stereocenters. The third-order valence-electron chi connectivity index (χ3n) is 4.59. The Balaban J connectivity index is 0.00000192. The largest absolute Gasteiger partial charge is 0.354 e. The highest BCUT2D eigenvalue weighted by atomic mass is 35.5. The van der Waals surface area contributed by atoms with Gasteiger partial charge in [0.2, 0.25) is 11.8 Å². The van der Waals surface area contributed by atoms with Gasteiger partial charge in [-0.05, 0) is 31.5 Å². The van der Waals surface area contributed by atoms with Crippen LogP contribution in [0.1, 0.15) is 30.9 Å². The molecule has 2 N–H and O–H groups in total. The van der Waals surface area contributed by atoms with E-state index >= 15 is 0 Å². The molecule has 1 aromatic rings. The first-order chi connectivity index (χ1) is 10.8. The minimum absolute atomic E-state index is 0. The summed E-state index contributed by atoms with van der Waals surface area (Å²) in [6.07, 6.45) is 2.12. The van der Waals surface area contributed by atoms with Crippen LogP contribution in [0.2, 0.25) is 0 Å². The summed E-state index contributed by atoms with van der Waals surface area (Å²) < 4.78 is 0. The minimum atomic E-state index is -0.147. The molecule has 1 aromatic carbocycles. The van der Waals surface area contributed by atoms with Gasteiger partial charge in [0.15, 0.2) is 0 Å². The SMILES string of the molecule is Cl.O=C1CC(c2ccccc2)N(C(=O)C2CCNCC2)CCN1. The highest BCUT2D eigenvalue weighted by Gasteiger charge is 2.33. The fourth-order valence-electron chi connectivity index (χ4n) is 3.37. The van der Waals surface area contributed by atoms with Crippen molar-refractivity contribution in [2.45, 2.75) is 25.3 Å². The summed E-state index contributed by atoms with van der Waals surface area (Å²) in [5.74, 6) is 0.307. The van der Waals surface area contributed by atoms with Crippen LogP contribution in [-0.2, 0) is 9.59 Å². The molecule has 2 aliphatic heterocycles. The van der Waals surface area contributed by atoms with E-state index < -0.39 is 0 Å². The molecule has 126 valence electrons. The number of nitrogens with one attached hydrogen (secondary N) is 2. The lowest BCUT2D eigenvalue weighted by atomic mass is 9.94. The first kappa shape index (κ1) is 17.8. The van der Waals surface area contributed by atoms with Gasteiger partial charge in [0.05, 0.1) is 12.5 Å². The Morgan fingerprint density at radius 3 is 2.48 bits per heavy atom. The number of carbonyl (C=O) groups excluding carboxylic acids is 2. The number of hydrogen-bond donors (Lipinski definition) is 2. The molecule has 0 aromatic heterocycles. The smallest absolute Gasteiger partial charge is 0.226 e. The van der Waals surface area contributed by atoms with Gasteiger partial charge in [-0.3, -0.25) is 9.59 Å². The Morgan fingerprint density at radius 2 is 1.78 bits per heavy atom. The van der Waals surface area contributed by atoms with Crippen LogP contribution >= 0.6 is 12.4 Å². The predicted octanol–water partition coefficient (Wildman–Crippen LogP) is 1.50. The molecule has 23 heavy (non-hydrogen) atoms. The molecule has 3 rings (SSSR count). The van der Waals surface area contributed by atoms with Crippen LogP contribution < -0.4 is 10.6 Å². The molecule has 0 spiro atoms. The highest BCUT2D eigenvalue weighted by molar-refractivity contribution is 5.85. The van der Waals surface area contributed by atoms with Gasteiger partial charge < -0.3 is 15.5 Å². The van der Waals surface area contributed by atoms with Gasteiger partial charge in [0.25, 0.3) is 0 Å². The second-order valence-electron chi connectivity index (χ2n) is 6.04. The normalized spacial score (nSPS) is 22.7. The van der Waals surface area contributed by atoms with Gasteiger partial charge in [-0.25, -0.2) is 0 Å². The third kappa shape index (κ3) is 4.24. The maximum atomic E-state index is 13.0. The fourth-order valence-corrected chi connectivity index (χ4v) is 3.37. The zero-order valence-electron chi connectivity index (χ0n) is 13.2. The van der Waals surface area contributed by atoms with Crippen molar-refractivity contribution in [1.82, 2.24) is 15.5 Å². The topological polar surface area (TPSA) is 61.4 Å². The van der Waals surface area contributed by atoms with Gasteiger partial charge in [-0.2, -0.15) is 0 Å². The monoisotopic (exact) mass is 337 g/mol. The van der Waals surface area contributed by atoms with Crippen molar-refractivity contribution in [2.75, 3.05) is 26.2 Å². The number of nitrogens with zero attached hydrogens (tertiary/aromatic N) is 1. The number of hydrogen-bond acceptors (Lipinski definition) is 3. The van der Waals surface area contributed by atoms with Crippen LogP contribution in [0.15, 0.2) is 30.3 Å². The molecular formula is C17H24ClN3O2. The maximum Gasteiger partial charge on any atom is 0.226 e. The fraction of sp³-hybridized carbons (Fsp3) is 0.529. The van der Waals surface area contributed by atoms with Gasteiger partial charge >= 0.3 is 0 Å². The first-order valence-electron chi connectivity index (χ1n) is 8.08. The standard InChI is InChI=1S/C17H23N3O2.ClH/c21-16-12-15(13-4-2-1-3-5-13)20(11-10-19-16)17(22)14-6-8-18-9-7-14;/h1-5,14-15,18H,6-12H2,(H,19,21);1H. The van der Waals surface area contributed by atoms with Crippen LogP contribution in [0, 0.1) is 5.92 Å². The third-order valence-corrected chi connectivity index (χ3v) is 4.59. The van der Waals surface area contributed by atoms with Gasteiger partial charge in [0, 0.05) is 19.0 Å². The Kier molecular flexibility index (Phi) is 6.42. The van der Waals surface area contributed by atoms with Crippen molar-refractivity contribution >= 4 is 24.2 Å². The second kappa shape index (κ2) is 8.31. The van der Waals surface area contributed by atoms with Gasteiger partial charge in [0.1, 0.15) is 0 Å². The summed E-state index contributed by atoms with van der Waals surface area (Å²) >= 11 is 0. The second-order valence-corrected chi connectivity index (χ2v) is 6.04. The molecule has 0 radical (unpaired) electrons. The van der Waals surface area contributed by atoms with E-state index in [-0.39, 0.29) is 36.2 Å². The Labute approximate surface area is 143 Å². The number of piperidine rings is 1. The number of benzene rings is 1. The zero-order valence-corrected chi connectivity index (χ0v) is 14.0. The van der Waals surface area contributed by atoms with E-state index in [4.69, 9.17) is 0 Å². The van der Waals surface area contributed by atoms with Crippen molar-refractivity contribution in [3.05, 3.63) is 35.9 Å². The van der Waals surface area contributed by atoms with E-state index in [9.17, 15) is 9.59 Å². The summed E-state index contributed by atoms with van der Waals surface area (Å²) in [6.45, 7) is 2.93. The van der Waals surface area contributed by atoms with E-state index in [0.717, 1.165) is 31.5 Å². The van der Waals surface area contributed by atoms with Crippen molar-refractivity contribution in [3.8, 4) is 0 Å². The number of rotatable bonds is 2. The molecule has 2 amide bonds. The van der Waals surface area contributed by atoms with Crippen molar-refractivity contribution in [2.24, 2.45) is 5.92 Å². The molecule has 0 bridgehead atoms. The number of carbonyl (C=O) groups is 2. The van der Waals surface area contributed by atoms with Crippen LogP contribution in [0.5, 0.6) is 0 Å². The average Bonchev–Trinajstić information content (AvgIpc) is 2.77. The quantitative estimate of drug-likeness (QED) is 0.859. The van der Waals surface area contributed by atoms with E-state index in [2.05, 4.69) is 10.6 Å². The minimum Gasteiger partial charge on any atom is -0.354 e. The van der Waals surface area contributed by atoms with Crippen LogP contribution in [0.25, 0.3) is 0 Å². The lowest BCUT2D eigenvalue weighted by molar-refractivity contribution is -0.139. The summed E-state index contributed by atoms with van der Waals surface area (Å²) in [4.78, 5) is 26.8. The summed E-state index contributed by atoms with van der Waals surface area (Å²) in [7, 11) is 0. The molecule has 6 heteroatoms. The van der Waals surface area contributed by atoms with E-state index in [1.54, 1.807) is 0 Å². The predicted molar refractivity (Wildman–Crippen MR) is 91.4 cm³/mol. The molecule has 2 aliphatic rings. The van der Waals surface area contributed by atoms with Crippen molar-refractivity contribution in [3.63, 3.8) is 0 Å². The van der Waals surface area contributed by atoms with Crippen LogP contribution in [-0.4, -0.2) is 42.9 Å². The van der Waals surface area contributed by atoms with Crippen molar-refractivity contribution in [1.29, 1.82) is 0 Å². The number of amides is 2. The molecular weight excluding hydrogens is 314 g/mol. The lowest BCUT2D eigenvalue weighted by Gasteiger charge is -2.34. The molecule has 0 saturated carbocycles. The van der Waals surface area contributed by atoms with Crippen molar-refractivity contribution < 1.29 is 9.59 Å². The Hall–Kier alpha value is -1.59. The van der Waals surface area contributed by atoms with E-state index in [1.165, 1.54) is 0 Å². The van der Waals surface area contributed by atoms with Gasteiger partial charge in [-0.15, -0.1) is 12.4 Å². The molecule has 5 nitrogen and oxygen atoms in total. The Morgan fingerprint density at radius 1 is 1.09 bits per heavy atom. The van der Waals surface area contributed by atoms with E-state index in [0.29, 0.717) is 19.5 Å². The van der Waals surface area contributed by atoms with Crippen LogP contribution in [0.3, 0.4) is 0 Å². The lowest BCUT2D eigenvalue weighted by Crippen LogP contribution is -2.43. The molecule has 1 atom stereocenters. The maximum absolute atomic E-state index is 13.0. The molecule has 0 aliphatic carbocycles.